The lowest BCUT2D eigenvalue weighted by atomic mass is 9.73. The molecule has 154 valence electrons. The molecule has 7 nitrogen and oxygen atoms in total. The molecule has 0 aromatic carbocycles. The highest BCUT2D eigenvalue weighted by Gasteiger charge is 2.43. The summed E-state index contributed by atoms with van der Waals surface area (Å²) in [6.07, 6.45) is 5.87. The second-order valence-electron chi connectivity index (χ2n) is 8.04. The van der Waals surface area contributed by atoms with E-state index < -0.39 is 0 Å². The summed E-state index contributed by atoms with van der Waals surface area (Å²) in [7, 11) is 1.52. The molecule has 1 spiro atoms. The van der Waals surface area contributed by atoms with Gasteiger partial charge < -0.3 is 19.0 Å². The number of amides is 2. The molecule has 2 fully saturated rings. The number of furan rings is 1. The molecule has 1 unspecified atom stereocenters. The molecule has 2 aliphatic rings. The van der Waals surface area contributed by atoms with Crippen molar-refractivity contribution in [2.75, 3.05) is 33.3 Å². The summed E-state index contributed by atoms with van der Waals surface area (Å²) >= 11 is 0. The highest BCUT2D eigenvalue weighted by Crippen LogP contribution is 2.39. The summed E-state index contributed by atoms with van der Waals surface area (Å²) in [5, 5.41) is 0. The van der Waals surface area contributed by atoms with Crippen LogP contribution in [0.4, 0.5) is 0 Å². The van der Waals surface area contributed by atoms with Gasteiger partial charge in [-0.3, -0.25) is 14.6 Å². The van der Waals surface area contributed by atoms with Crippen molar-refractivity contribution in [3.8, 4) is 5.95 Å². The van der Waals surface area contributed by atoms with Gasteiger partial charge in [0, 0.05) is 62.4 Å². The van der Waals surface area contributed by atoms with Gasteiger partial charge in [0.05, 0.1) is 7.11 Å². The van der Waals surface area contributed by atoms with E-state index in [0.717, 1.165) is 31.4 Å². The zero-order valence-corrected chi connectivity index (χ0v) is 16.8. The Morgan fingerprint density at radius 1 is 1.24 bits per heavy atom. The van der Waals surface area contributed by atoms with Crippen molar-refractivity contribution in [3.63, 3.8) is 0 Å². The maximum absolute atomic E-state index is 12.9. The minimum atomic E-state index is -0.107. The number of pyridine rings is 1. The van der Waals surface area contributed by atoms with Gasteiger partial charge in [-0.2, -0.15) is 0 Å². The average molecular weight is 397 g/mol. The lowest BCUT2D eigenvalue weighted by Crippen LogP contribution is -2.55. The van der Waals surface area contributed by atoms with E-state index in [-0.39, 0.29) is 17.2 Å². The van der Waals surface area contributed by atoms with Crippen LogP contribution in [0.1, 0.15) is 41.9 Å². The summed E-state index contributed by atoms with van der Waals surface area (Å²) in [5.74, 6) is 0.733. The van der Waals surface area contributed by atoms with Gasteiger partial charge in [-0.15, -0.1) is 0 Å². The smallest absolute Gasteiger partial charge is 0.289 e. The number of hydrogen-bond donors (Lipinski definition) is 0. The van der Waals surface area contributed by atoms with E-state index in [1.807, 2.05) is 28.0 Å². The van der Waals surface area contributed by atoms with Crippen molar-refractivity contribution in [2.24, 2.45) is 5.41 Å². The monoisotopic (exact) mass is 397 g/mol. The van der Waals surface area contributed by atoms with Gasteiger partial charge in [0.1, 0.15) is 0 Å². The van der Waals surface area contributed by atoms with Gasteiger partial charge in [0.25, 0.3) is 11.9 Å². The van der Waals surface area contributed by atoms with Crippen LogP contribution in [0.3, 0.4) is 0 Å². The van der Waals surface area contributed by atoms with E-state index in [1.165, 1.54) is 7.11 Å². The number of ether oxygens (including phenoxy) is 1. The molecule has 2 saturated heterocycles. The zero-order valence-electron chi connectivity index (χ0n) is 16.8. The molecular weight excluding hydrogens is 370 g/mol. The topological polar surface area (TPSA) is 75.9 Å². The SMILES string of the molecule is COc1ccc(C(=O)N2CCCC3(CCC(=O)N(CCc4ccccn4)C3)C2)o1. The van der Waals surface area contributed by atoms with Gasteiger partial charge in [-0.05, 0) is 37.5 Å². The van der Waals surface area contributed by atoms with Crippen molar-refractivity contribution in [1.82, 2.24) is 14.8 Å². The van der Waals surface area contributed by atoms with Crippen LogP contribution in [-0.2, 0) is 11.2 Å². The Morgan fingerprint density at radius 2 is 2.14 bits per heavy atom. The summed E-state index contributed by atoms with van der Waals surface area (Å²) in [6.45, 7) is 2.73. The lowest BCUT2D eigenvalue weighted by Gasteiger charge is -2.48. The Bertz CT molecular complexity index is 866. The first-order valence-electron chi connectivity index (χ1n) is 10.2. The molecule has 4 heterocycles. The third-order valence-electron chi connectivity index (χ3n) is 6.05. The average Bonchev–Trinajstić information content (AvgIpc) is 3.24. The summed E-state index contributed by atoms with van der Waals surface area (Å²) in [5.41, 5.74) is 0.954. The van der Waals surface area contributed by atoms with E-state index >= 15 is 0 Å². The largest absolute Gasteiger partial charge is 0.468 e. The first kappa shape index (κ1) is 19.5. The Morgan fingerprint density at radius 3 is 2.90 bits per heavy atom. The number of rotatable bonds is 5. The number of carbonyl (C=O) groups excluding carboxylic acids is 2. The van der Waals surface area contributed by atoms with Crippen LogP contribution in [0.15, 0.2) is 40.9 Å². The van der Waals surface area contributed by atoms with Crippen molar-refractivity contribution in [3.05, 3.63) is 48.0 Å². The molecule has 0 saturated carbocycles. The highest BCUT2D eigenvalue weighted by atomic mass is 16.6. The summed E-state index contributed by atoms with van der Waals surface area (Å²) < 4.78 is 10.5. The van der Waals surface area contributed by atoms with Crippen LogP contribution in [0, 0.1) is 5.41 Å². The van der Waals surface area contributed by atoms with Gasteiger partial charge in [0.15, 0.2) is 5.76 Å². The van der Waals surface area contributed by atoms with Crippen LogP contribution in [0.5, 0.6) is 5.95 Å². The first-order valence-corrected chi connectivity index (χ1v) is 10.2. The fraction of sp³-hybridized carbons (Fsp3) is 0.500. The Balaban J connectivity index is 1.42. The number of methoxy groups -OCH3 is 1. The molecule has 0 bridgehead atoms. The highest BCUT2D eigenvalue weighted by molar-refractivity contribution is 5.91. The molecular formula is C22H27N3O4. The second-order valence-corrected chi connectivity index (χ2v) is 8.04. The van der Waals surface area contributed by atoms with Gasteiger partial charge in [0.2, 0.25) is 5.91 Å². The van der Waals surface area contributed by atoms with Crippen LogP contribution < -0.4 is 4.74 Å². The first-order chi connectivity index (χ1) is 14.1. The third-order valence-corrected chi connectivity index (χ3v) is 6.05. The normalized spacial score (nSPS) is 22.2. The molecule has 2 amide bonds. The molecule has 29 heavy (non-hydrogen) atoms. The van der Waals surface area contributed by atoms with Crippen molar-refractivity contribution < 1.29 is 18.7 Å². The lowest BCUT2D eigenvalue weighted by molar-refractivity contribution is -0.138. The van der Waals surface area contributed by atoms with Crippen molar-refractivity contribution in [1.29, 1.82) is 0 Å². The van der Waals surface area contributed by atoms with E-state index in [2.05, 4.69) is 4.98 Å². The van der Waals surface area contributed by atoms with E-state index in [0.29, 0.717) is 44.3 Å². The third kappa shape index (κ3) is 4.28. The minimum Gasteiger partial charge on any atom is -0.468 e. The quantitative estimate of drug-likeness (QED) is 0.775. The van der Waals surface area contributed by atoms with E-state index in [1.54, 1.807) is 18.3 Å². The molecule has 2 aromatic heterocycles. The van der Waals surface area contributed by atoms with Crippen molar-refractivity contribution >= 4 is 11.8 Å². The maximum atomic E-state index is 12.9. The predicted molar refractivity (Wildman–Crippen MR) is 107 cm³/mol. The Hall–Kier alpha value is -2.83. The minimum absolute atomic E-state index is 0.0391. The van der Waals surface area contributed by atoms with Crippen LogP contribution in [-0.4, -0.2) is 59.9 Å². The van der Waals surface area contributed by atoms with Crippen LogP contribution in [0.25, 0.3) is 0 Å². The molecule has 0 radical (unpaired) electrons. The van der Waals surface area contributed by atoms with Gasteiger partial charge in [-0.1, -0.05) is 6.07 Å². The number of piperidine rings is 2. The predicted octanol–water partition coefficient (Wildman–Crippen LogP) is 2.77. The van der Waals surface area contributed by atoms with E-state index in [4.69, 9.17) is 9.15 Å². The molecule has 4 rings (SSSR count). The number of carbonyl (C=O) groups is 2. The number of hydrogen-bond acceptors (Lipinski definition) is 5. The molecule has 1 atom stereocenters. The van der Waals surface area contributed by atoms with E-state index in [9.17, 15) is 9.59 Å². The molecule has 0 aliphatic carbocycles. The Labute approximate surface area is 170 Å². The maximum Gasteiger partial charge on any atom is 0.289 e. The standard InChI is InChI=1S/C22H27N3O4/c1-28-20-7-6-18(29-20)21(27)25-13-4-10-22(16-25)11-8-19(26)24(15-22)14-9-17-5-2-3-12-23-17/h2-3,5-7,12H,4,8-11,13-16H2,1H3. The van der Waals surface area contributed by atoms with Gasteiger partial charge in [-0.25, -0.2) is 0 Å². The number of aromatic nitrogens is 1. The molecule has 0 N–H and O–H groups in total. The second kappa shape index (κ2) is 8.27. The zero-order chi connectivity index (χ0) is 20.3. The number of likely N-dealkylation sites (tertiary alicyclic amines) is 2. The fourth-order valence-corrected chi connectivity index (χ4v) is 4.52. The van der Waals surface area contributed by atoms with Gasteiger partial charge >= 0.3 is 0 Å². The molecule has 7 heteroatoms. The fourth-order valence-electron chi connectivity index (χ4n) is 4.52. The molecule has 2 aliphatic heterocycles. The number of nitrogens with zero attached hydrogens (tertiary/aromatic N) is 3. The van der Waals surface area contributed by atoms with Crippen LogP contribution >= 0.6 is 0 Å². The van der Waals surface area contributed by atoms with Crippen molar-refractivity contribution in [2.45, 2.75) is 32.1 Å². The Kier molecular flexibility index (Phi) is 5.56. The molecule has 2 aromatic rings. The van der Waals surface area contributed by atoms with Crippen LogP contribution in [0.2, 0.25) is 0 Å². The summed E-state index contributed by atoms with van der Waals surface area (Å²) in [4.78, 5) is 33.6. The summed E-state index contributed by atoms with van der Waals surface area (Å²) in [6, 6.07) is 9.17.